The van der Waals surface area contributed by atoms with Crippen molar-refractivity contribution in [3.63, 3.8) is 0 Å². The Hall–Kier alpha value is -1.30. The van der Waals surface area contributed by atoms with Gasteiger partial charge in [0.15, 0.2) is 0 Å². The zero-order valence-corrected chi connectivity index (χ0v) is 13.3. The number of allylic oxidation sites excluding steroid dienone is 8. The molecule has 0 aromatic heterocycles. The second-order valence-electron chi connectivity index (χ2n) is 3.46. The van der Waals surface area contributed by atoms with Gasteiger partial charge in [-0.2, -0.15) is 0 Å². The topological polar surface area (TPSA) is 0 Å². The molecule has 104 valence electrons. The number of hydrogen-bond donors (Lipinski definition) is 0. The Morgan fingerprint density at radius 2 is 1.39 bits per heavy atom. The molecule has 0 aliphatic carbocycles. The molecule has 0 saturated heterocycles. The Balaban J connectivity index is -0.000000389. The van der Waals surface area contributed by atoms with E-state index in [2.05, 4.69) is 53.0 Å². The van der Waals surface area contributed by atoms with Gasteiger partial charge in [0.2, 0.25) is 0 Å². The molecular weight excluding hydrogens is 216 g/mol. The minimum absolute atomic E-state index is 1.05. The van der Waals surface area contributed by atoms with E-state index in [-0.39, 0.29) is 0 Å². The van der Waals surface area contributed by atoms with Crippen molar-refractivity contribution in [1.82, 2.24) is 0 Å². The molecule has 0 unspecified atom stereocenters. The maximum Gasteiger partial charge on any atom is -0.0231 e. The molecule has 0 aromatic rings. The van der Waals surface area contributed by atoms with Crippen molar-refractivity contribution >= 4 is 0 Å². The summed E-state index contributed by atoms with van der Waals surface area (Å²) in [5.41, 5.74) is 2.40. The van der Waals surface area contributed by atoms with E-state index < -0.39 is 0 Å². The Kier molecular flexibility index (Phi) is 25.6. The molecule has 0 fully saturated rings. The summed E-state index contributed by atoms with van der Waals surface area (Å²) >= 11 is 0. The van der Waals surface area contributed by atoms with Gasteiger partial charge in [-0.25, -0.2) is 0 Å². The van der Waals surface area contributed by atoms with Crippen LogP contribution in [-0.2, 0) is 0 Å². The quantitative estimate of drug-likeness (QED) is 0.478. The number of hydrogen-bond acceptors (Lipinski definition) is 0. The van der Waals surface area contributed by atoms with Gasteiger partial charge in [-0.15, -0.1) is 0 Å². The average molecular weight is 248 g/mol. The Morgan fingerprint density at radius 3 is 1.72 bits per heavy atom. The standard InChI is InChI=1S/C13H18.C3H8.C2H6/c1-5-8-11-13(10-7-3)12(4)9-6-2;1-3-2;1-2/h6-11H,2-3,5H2,1,4H3;3H2,1-2H3;1-2H3/b11-8-,12-9+,13-10+;;. The lowest BCUT2D eigenvalue weighted by Gasteiger charge is -1.99. The van der Waals surface area contributed by atoms with E-state index in [9.17, 15) is 0 Å². The minimum Gasteiger partial charge on any atom is -0.0991 e. The van der Waals surface area contributed by atoms with Crippen molar-refractivity contribution in [3.05, 3.63) is 60.8 Å². The monoisotopic (exact) mass is 248 g/mol. The van der Waals surface area contributed by atoms with E-state index in [4.69, 9.17) is 0 Å². The average Bonchev–Trinajstić information content (AvgIpc) is 2.38. The van der Waals surface area contributed by atoms with Crippen LogP contribution in [0.25, 0.3) is 0 Å². The van der Waals surface area contributed by atoms with Crippen molar-refractivity contribution in [3.8, 4) is 0 Å². The van der Waals surface area contributed by atoms with E-state index in [1.165, 1.54) is 17.6 Å². The normalized spacial score (nSPS) is 11.0. The molecule has 0 heteroatoms. The molecule has 0 spiro atoms. The summed E-state index contributed by atoms with van der Waals surface area (Å²) in [7, 11) is 0. The first-order valence-electron chi connectivity index (χ1n) is 6.96. The fourth-order valence-electron chi connectivity index (χ4n) is 0.963. The zero-order valence-electron chi connectivity index (χ0n) is 13.3. The van der Waals surface area contributed by atoms with Crippen LogP contribution in [0.2, 0.25) is 0 Å². The molecule has 0 aliphatic heterocycles. The van der Waals surface area contributed by atoms with Crippen LogP contribution in [0.3, 0.4) is 0 Å². The Bertz CT molecular complexity index is 262. The van der Waals surface area contributed by atoms with Gasteiger partial charge in [-0.1, -0.05) is 90.7 Å². The second-order valence-corrected chi connectivity index (χ2v) is 3.46. The SMILES string of the molecule is C=C/C=C(C)/C(/C=C\CC)=C/C=C.CC.CCC. The fraction of sp³-hybridized carbons (Fsp3) is 0.444. The molecule has 0 rings (SSSR count). The lowest BCUT2D eigenvalue weighted by Crippen LogP contribution is -1.79. The summed E-state index contributed by atoms with van der Waals surface area (Å²) in [4.78, 5) is 0. The first-order chi connectivity index (χ1) is 8.67. The van der Waals surface area contributed by atoms with Crippen molar-refractivity contribution in [1.29, 1.82) is 0 Å². The van der Waals surface area contributed by atoms with E-state index in [1.54, 1.807) is 12.2 Å². The second kappa shape index (κ2) is 21.0. The van der Waals surface area contributed by atoms with Gasteiger partial charge in [0.05, 0.1) is 0 Å². The third-order valence-electron chi connectivity index (χ3n) is 1.65. The lowest BCUT2D eigenvalue weighted by molar-refractivity contribution is 1.09. The van der Waals surface area contributed by atoms with E-state index in [0.717, 1.165) is 6.42 Å². The molecule has 0 saturated carbocycles. The molecule has 0 amide bonds. The highest BCUT2D eigenvalue weighted by atomic mass is 14.0. The largest absolute Gasteiger partial charge is 0.0991 e. The van der Waals surface area contributed by atoms with E-state index >= 15 is 0 Å². The van der Waals surface area contributed by atoms with Crippen LogP contribution in [0.1, 0.15) is 54.4 Å². The van der Waals surface area contributed by atoms with Gasteiger partial charge < -0.3 is 0 Å². The first kappa shape index (κ1) is 21.9. The highest BCUT2D eigenvalue weighted by molar-refractivity contribution is 5.41. The molecule has 0 nitrogen and oxygen atoms in total. The number of rotatable bonds is 5. The molecule has 0 aromatic carbocycles. The van der Waals surface area contributed by atoms with Crippen LogP contribution in [0.4, 0.5) is 0 Å². The van der Waals surface area contributed by atoms with Crippen molar-refractivity contribution in [2.24, 2.45) is 0 Å². The molecule has 0 N–H and O–H groups in total. The van der Waals surface area contributed by atoms with Gasteiger partial charge in [0.25, 0.3) is 0 Å². The zero-order chi connectivity index (χ0) is 14.8. The maximum absolute atomic E-state index is 3.69. The van der Waals surface area contributed by atoms with Gasteiger partial charge in [0, 0.05) is 0 Å². The van der Waals surface area contributed by atoms with Gasteiger partial charge in [-0.05, 0) is 24.5 Å². The molecule has 0 atom stereocenters. The van der Waals surface area contributed by atoms with Crippen molar-refractivity contribution < 1.29 is 0 Å². The summed E-state index contributed by atoms with van der Waals surface area (Å²) < 4.78 is 0. The van der Waals surface area contributed by atoms with E-state index in [1.807, 2.05) is 26.0 Å². The molecule has 0 aliphatic rings. The molecule has 0 heterocycles. The van der Waals surface area contributed by atoms with Crippen molar-refractivity contribution in [2.45, 2.75) is 54.4 Å². The van der Waals surface area contributed by atoms with Crippen LogP contribution >= 0.6 is 0 Å². The van der Waals surface area contributed by atoms with Gasteiger partial charge in [0.1, 0.15) is 0 Å². The molecule has 0 bridgehead atoms. The summed E-state index contributed by atoms with van der Waals surface area (Å²) in [5, 5.41) is 0. The summed E-state index contributed by atoms with van der Waals surface area (Å²) in [6.07, 6.45) is 14.1. The maximum atomic E-state index is 3.69. The van der Waals surface area contributed by atoms with Crippen LogP contribution in [0.15, 0.2) is 60.8 Å². The van der Waals surface area contributed by atoms with Crippen LogP contribution in [0, 0.1) is 0 Å². The summed E-state index contributed by atoms with van der Waals surface area (Å²) in [6.45, 7) is 19.8. The molecular formula is C18H32. The highest BCUT2D eigenvalue weighted by Gasteiger charge is 1.91. The van der Waals surface area contributed by atoms with E-state index in [0.29, 0.717) is 0 Å². The Labute approximate surface area is 116 Å². The third kappa shape index (κ3) is 17.1. The van der Waals surface area contributed by atoms with Crippen LogP contribution in [0.5, 0.6) is 0 Å². The summed E-state index contributed by atoms with van der Waals surface area (Å²) in [5.74, 6) is 0. The Morgan fingerprint density at radius 1 is 0.944 bits per heavy atom. The fourth-order valence-corrected chi connectivity index (χ4v) is 0.963. The lowest BCUT2D eigenvalue weighted by atomic mass is 10.1. The highest BCUT2D eigenvalue weighted by Crippen LogP contribution is 2.11. The van der Waals surface area contributed by atoms with Gasteiger partial charge in [-0.3, -0.25) is 0 Å². The molecule has 0 radical (unpaired) electrons. The van der Waals surface area contributed by atoms with Crippen LogP contribution < -0.4 is 0 Å². The minimum atomic E-state index is 1.05. The first-order valence-corrected chi connectivity index (χ1v) is 6.96. The van der Waals surface area contributed by atoms with Crippen LogP contribution in [-0.4, -0.2) is 0 Å². The predicted octanol–water partition coefficient (Wildman–Crippen LogP) is 6.64. The predicted molar refractivity (Wildman–Crippen MR) is 89.0 cm³/mol. The smallest absolute Gasteiger partial charge is 0.0231 e. The van der Waals surface area contributed by atoms with Crippen molar-refractivity contribution in [2.75, 3.05) is 0 Å². The van der Waals surface area contributed by atoms with Gasteiger partial charge >= 0.3 is 0 Å². The summed E-state index contributed by atoms with van der Waals surface area (Å²) in [6, 6.07) is 0. The molecule has 18 heavy (non-hydrogen) atoms. The third-order valence-corrected chi connectivity index (χ3v) is 1.65.